The Hall–Kier alpha value is -7.25. The Balaban J connectivity index is 0.822. The van der Waals surface area contributed by atoms with E-state index >= 15 is 4.39 Å². The fourth-order valence-corrected chi connectivity index (χ4v) is 9.78. The van der Waals surface area contributed by atoms with E-state index in [9.17, 15) is 18.4 Å². The Morgan fingerprint density at radius 3 is 1.87 bits per heavy atom. The molecule has 8 heterocycles. The zero-order valence-corrected chi connectivity index (χ0v) is 37.6. The van der Waals surface area contributed by atoms with Gasteiger partial charge < -0.3 is 39.9 Å². The van der Waals surface area contributed by atoms with Gasteiger partial charge in [-0.05, 0) is 58.6 Å². The van der Waals surface area contributed by atoms with Crippen LogP contribution >= 0.6 is 0 Å². The quantitative estimate of drug-likeness (QED) is 0.113. The minimum absolute atomic E-state index is 0.0667. The predicted molar refractivity (Wildman–Crippen MR) is 250 cm³/mol. The van der Waals surface area contributed by atoms with Gasteiger partial charge in [-0.25, -0.2) is 23.1 Å². The molecule has 0 saturated carbocycles. The standard InChI is InChI=1S/C48H49F3N14O2/c1-25(37-24-63(18-27(3)57-37)38-9-8-33(41-42(38)53-11-10-52-41)47(66)60-31-14-35(50)45-58-28(4)19-64(45)22-31)6-7-30-21-62(17-26(2)56-30)39-16-34(49)40(44-43(39)54-12-13-55-44)48(67)61-32-15-36(51)46-59-29(5)20-65(46)23-32/h8-16,19-20,22-23,25-27,30,37,56-57H,6-7,17-18,21,24H2,1-5H3,(H,60,66)(H,61,67)/t25?,26?,27-,30?,37+/m1/s1. The average molecular weight is 911 g/mol. The number of piperazine rings is 2. The molecular formula is C48H49F3N14O2. The number of rotatable bonds is 10. The summed E-state index contributed by atoms with van der Waals surface area (Å²) in [4.78, 5) is 58.4. The number of pyridine rings is 2. The molecule has 2 saturated heterocycles. The number of aromatic nitrogens is 8. The Kier molecular flexibility index (Phi) is 11.4. The number of imidazole rings is 2. The smallest absolute Gasteiger partial charge is 0.260 e. The summed E-state index contributed by atoms with van der Waals surface area (Å²) >= 11 is 0. The highest BCUT2D eigenvalue weighted by Crippen LogP contribution is 2.34. The number of nitrogens with zero attached hydrogens (tertiary/aromatic N) is 10. The highest BCUT2D eigenvalue weighted by atomic mass is 19.1. The van der Waals surface area contributed by atoms with Crippen LogP contribution < -0.4 is 31.1 Å². The third-order valence-corrected chi connectivity index (χ3v) is 12.7. The second-order valence-electron chi connectivity index (χ2n) is 18.0. The van der Waals surface area contributed by atoms with Crippen LogP contribution in [0.4, 0.5) is 35.9 Å². The van der Waals surface area contributed by atoms with E-state index in [-0.39, 0.29) is 63.8 Å². The molecule has 10 rings (SSSR count). The number of nitrogens with one attached hydrogen (secondary N) is 4. The van der Waals surface area contributed by atoms with Crippen LogP contribution in [-0.2, 0) is 0 Å². The van der Waals surface area contributed by atoms with E-state index in [0.29, 0.717) is 65.4 Å². The number of halogens is 3. The SMILES string of the molecule is Cc1cn2cc(NC(=O)c3ccc(N4C[C@@H](C)N[C@H](C(C)CCC5CN(c6cc(F)c(C(=O)Nc7cc(F)c8nc(C)cn8c7)c7nccnc67)CC(C)N5)C4)c4nccnc34)cc(F)c2n1. The van der Waals surface area contributed by atoms with Crippen molar-refractivity contribution in [1.29, 1.82) is 0 Å². The molecule has 0 radical (unpaired) electrons. The molecular weight excluding hydrogens is 862 g/mol. The van der Waals surface area contributed by atoms with E-state index in [0.717, 1.165) is 24.6 Å². The minimum atomic E-state index is -0.773. The molecule has 2 aliphatic heterocycles. The Labute approximate surface area is 383 Å². The van der Waals surface area contributed by atoms with E-state index in [2.05, 4.69) is 76.8 Å². The van der Waals surface area contributed by atoms with Gasteiger partial charge in [0.1, 0.15) is 33.4 Å². The van der Waals surface area contributed by atoms with E-state index in [1.54, 1.807) is 55.3 Å². The van der Waals surface area contributed by atoms with Gasteiger partial charge in [0.25, 0.3) is 11.8 Å². The molecule has 3 unspecified atom stereocenters. The number of amides is 2. The molecule has 2 fully saturated rings. The third-order valence-electron chi connectivity index (χ3n) is 12.7. The molecule has 344 valence electrons. The molecule has 2 aromatic carbocycles. The second-order valence-corrected chi connectivity index (χ2v) is 18.0. The summed E-state index contributed by atoms with van der Waals surface area (Å²) in [7, 11) is 0. The fraction of sp³-hybridized carbons (Fsp3) is 0.333. The molecule has 0 spiro atoms. The number of fused-ring (bicyclic) bond motifs is 4. The third kappa shape index (κ3) is 8.55. The number of carbonyl (C=O) groups is 2. The first kappa shape index (κ1) is 43.6. The number of aryl methyl sites for hydroxylation is 2. The lowest BCUT2D eigenvalue weighted by atomic mass is 9.90. The summed E-state index contributed by atoms with van der Waals surface area (Å²) in [6.07, 6.45) is 14.3. The Morgan fingerprint density at radius 2 is 1.22 bits per heavy atom. The molecule has 8 aromatic rings. The van der Waals surface area contributed by atoms with Crippen molar-refractivity contribution in [3.63, 3.8) is 0 Å². The van der Waals surface area contributed by atoms with Gasteiger partial charge >= 0.3 is 0 Å². The van der Waals surface area contributed by atoms with Crippen LogP contribution in [0.1, 0.15) is 65.7 Å². The van der Waals surface area contributed by atoms with Crippen molar-refractivity contribution < 1.29 is 22.8 Å². The summed E-state index contributed by atoms with van der Waals surface area (Å²) in [5.41, 5.74) is 5.02. The largest absolute Gasteiger partial charge is 0.367 e. The molecule has 0 bridgehead atoms. The topological polar surface area (TPSA) is 175 Å². The molecule has 6 aromatic heterocycles. The van der Waals surface area contributed by atoms with Crippen molar-refractivity contribution in [2.75, 3.05) is 46.6 Å². The highest BCUT2D eigenvalue weighted by molar-refractivity contribution is 6.14. The lowest BCUT2D eigenvalue weighted by molar-refractivity contribution is 0.101. The number of benzene rings is 2. The first-order valence-electron chi connectivity index (χ1n) is 22.4. The van der Waals surface area contributed by atoms with Gasteiger partial charge in [-0.1, -0.05) is 6.92 Å². The number of anilines is 4. The first-order valence-corrected chi connectivity index (χ1v) is 22.4. The van der Waals surface area contributed by atoms with Crippen LogP contribution in [0.2, 0.25) is 0 Å². The zero-order valence-electron chi connectivity index (χ0n) is 37.6. The van der Waals surface area contributed by atoms with E-state index < -0.39 is 29.3 Å². The van der Waals surface area contributed by atoms with Gasteiger partial charge in [-0.15, -0.1) is 0 Å². The van der Waals surface area contributed by atoms with E-state index in [1.807, 2.05) is 6.07 Å². The maximum Gasteiger partial charge on any atom is 0.260 e. The summed E-state index contributed by atoms with van der Waals surface area (Å²) in [5.74, 6) is -2.87. The molecule has 4 N–H and O–H groups in total. The van der Waals surface area contributed by atoms with Crippen molar-refractivity contribution in [2.45, 2.75) is 71.6 Å². The van der Waals surface area contributed by atoms with Crippen LogP contribution in [0.15, 0.2) is 79.9 Å². The van der Waals surface area contributed by atoms with E-state index in [1.165, 1.54) is 35.1 Å². The van der Waals surface area contributed by atoms with Gasteiger partial charge in [0.2, 0.25) is 0 Å². The lowest BCUT2D eigenvalue weighted by Crippen LogP contribution is -2.58. The molecule has 2 amide bonds. The molecule has 0 aliphatic carbocycles. The molecule has 16 nitrogen and oxygen atoms in total. The average Bonchev–Trinajstić information content (AvgIpc) is 3.88. The molecule has 19 heteroatoms. The van der Waals surface area contributed by atoms with Crippen molar-refractivity contribution in [2.24, 2.45) is 5.92 Å². The summed E-state index contributed by atoms with van der Waals surface area (Å²) < 4.78 is 49.0. The van der Waals surface area contributed by atoms with Crippen LogP contribution in [-0.4, -0.2) is 101 Å². The van der Waals surface area contributed by atoms with Crippen molar-refractivity contribution >= 4 is 67.9 Å². The fourth-order valence-electron chi connectivity index (χ4n) is 9.78. The summed E-state index contributed by atoms with van der Waals surface area (Å²) in [6, 6.07) is 7.83. The first-order chi connectivity index (χ1) is 32.3. The normalized spacial score (nSPS) is 19.4. The van der Waals surface area contributed by atoms with Crippen LogP contribution in [0.25, 0.3) is 33.4 Å². The molecule has 5 atom stereocenters. The number of hydrogen-bond donors (Lipinski definition) is 4. The Bertz CT molecular complexity index is 3230. The zero-order chi connectivity index (χ0) is 46.7. The second kappa shape index (κ2) is 17.5. The van der Waals surface area contributed by atoms with Crippen molar-refractivity contribution in [3.8, 4) is 0 Å². The predicted octanol–water partition coefficient (Wildman–Crippen LogP) is 6.86. The van der Waals surface area contributed by atoms with Gasteiger partial charge in [-0.3, -0.25) is 29.5 Å². The van der Waals surface area contributed by atoms with Crippen LogP contribution in [0.3, 0.4) is 0 Å². The summed E-state index contributed by atoms with van der Waals surface area (Å²) in [6.45, 7) is 12.6. The van der Waals surface area contributed by atoms with Crippen LogP contribution in [0, 0.1) is 37.2 Å². The van der Waals surface area contributed by atoms with Gasteiger partial charge in [0.15, 0.2) is 22.9 Å². The van der Waals surface area contributed by atoms with Gasteiger partial charge in [0, 0.05) is 118 Å². The van der Waals surface area contributed by atoms with Gasteiger partial charge in [0.05, 0.1) is 39.7 Å². The van der Waals surface area contributed by atoms with E-state index in [4.69, 9.17) is 4.98 Å². The maximum atomic E-state index is 16.2. The highest BCUT2D eigenvalue weighted by Gasteiger charge is 2.33. The number of carbonyl (C=O) groups excluding carboxylic acids is 2. The lowest BCUT2D eigenvalue weighted by Gasteiger charge is -2.43. The van der Waals surface area contributed by atoms with Crippen molar-refractivity contribution in [3.05, 3.63) is 120 Å². The maximum absolute atomic E-state index is 16.2. The Morgan fingerprint density at radius 1 is 0.672 bits per heavy atom. The van der Waals surface area contributed by atoms with Gasteiger partial charge in [-0.2, -0.15) is 0 Å². The summed E-state index contributed by atoms with van der Waals surface area (Å²) in [5, 5.41) is 13.0. The molecule has 2 aliphatic rings. The minimum Gasteiger partial charge on any atom is -0.367 e. The monoisotopic (exact) mass is 910 g/mol. The molecule has 67 heavy (non-hydrogen) atoms. The van der Waals surface area contributed by atoms with Crippen LogP contribution in [0.5, 0.6) is 0 Å². The number of hydrogen-bond acceptors (Lipinski definition) is 12. The van der Waals surface area contributed by atoms with Crippen molar-refractivity contribution in [1.82, 2.24) is 49.3 Å².